The van der Waals surface area contributed by atoms with Gasteiger partial charge < -0.3 is 0 Å². The van der Waals surface area contributed by atoms with E-state index in [1.165, 1.54) is 0 Å². The molecule has 1 aliphatic heterocycles. The van der Waals surface area contributed by atoms with E-state index in [2.05, 4.69) is 14.7 Å². The van der Waals surface area contributed by atoms with E-state index in [1.54, 1.807) is 30.5 Å². The molecule has 0 amide bonds. The van der Waals surface area contributed by atoms with Crippen LogP contribution in [0.4, 0.5) is 0 Å². The topological polar surface area (TPSA) is 67.2 Å². The monoisotopic (exact) mass is 334 g/mol. The van der Waals surface area contributed by atoms with Crippen LogP contribution in [-0.4, -0.2) is 48.8 Å². The van der Waals surface area contributed by atoms with Crippen molar-refractivity contribution in [1.29, 1.82) is 0 Å². The second kappa shape index (κ2) is 7.25. The standard InChI is InChI=1S/C16H22N4O2S/c21-23(22,16-7-2-1-3-8-16)18-10-13-19-11-4-6-15(19)14-20-12-5-9-17-20/h1-3,5,7-9,12,15,18H,4,6,10-11,13-14H2. The lowest BCUT2D eigenvalue weighted by Crippen LogP contribution is -2.39. The molecule has 0 bridgehead atoms. The van der Waals surface area contributed by atoms with E-state index in [-0.39, 0.29) is 0 Å². The van der Waals surface area contributed by atoms with E-state index < -0.39 is 10.0 Å². The molecule has 1 saturated heterocycles. The fourth-order valence-electron chi connectivity index (χ4n) is 3.03. The van der Waals surface area contributed by atoms with E-state index in [4.69, 9.17) is 0 Å². The number of hydrogen-bond donors (Lipinski definition) is 1. The second-order valence-corrected chi connectivity index (χ2v) is 7.54. The quantitative estimate of drug-likeness (QED) is 0.829. The highest BCUT2D eigenvalue weighted by molar-refractivity contribution is 7.89. The highest BCUT2D eigenvalue weighted by Crippen LogP contribution is 2.18. The third-order valence-electron chi connectivity index (χ3n) is 4.20. The van der Waals surface area contributed by atoms with Crippen molar-refractivity contribution in [3.8, 4) is 0 Å². The van der Waals surface area contributed by atoms with Crippen LogP contribution < -0.4 is 4.72 Å². The Balaban J connectivity index is 1.52. The number of hydrogen-bond acceptors (Lipinski definition) is 4. The average molecular weight is 334 g/mol. The molecule has 0 radical (unpaired) electrons. The number of sulfonamides is 1. The average Bonchev–Trinajstić information content (AvgIpc) is 3.21. The van der Waals surface area contributed by atoms with Crippen LogP contribution in [0.15, 0.2) is 53.7 Å². The maximum Gasteiger partial charge on any atom is 0.240 e. The van der Waals surface area contributed by atoms with Crippen LogP contribution in [0, 0.1) is 0 Å². The highest BCUT2D eigenvalue weighted by Gasteiger charge is 2.25. The summed E-state index contributed by atoms with van der Waals surface area (Å²) in [6.45, 7) is 3.02. The lowest BCUT2D eigenvalue weighted by molar-refractivity contribution is 0.231. The number of nitrogens with zero attached hydrogens (tertiary/aromatic N) is 3. The van der Waals surface area contributed by atoms with Crippen LogP contribution in [-0.2, 0) is 16.6 Å². The van der Waals surface area contributed by atoms with Gasteiger partial charge in [0.15, 0.2) is 0 Å². The Hall–Kier alpha value is -1.70. The van der Waals surface area contributed by atoms with Crippen molar-refractivity contribution in [1.82, 2.24) is 19.4 Å². The Morgan fingerprint density at radius 1 is 1.22 bits per heavy atom. The number of nitrogens with one attached hydrogen (secondary N) is 1. The Labute approximate surface area is 137 Å². The zero-order chi connectivity index (χ0) is 16.1. The second-order valence-electron chi connectivity index (χ2n) is 5.77. The van der Waals surface area contributed by atoms with Crippen LogP contribution in [0.2, 0.25) is 0 Å². The zero-order valence-electron chi connectivity index (χ0n) is 13.0. The zero-order valence-corrected chi connectivity index (χ0v) is 13.8. The van der Waals surface area contributed by atoms with Gasteiger partial charge in [-0.15, -0.1) is 0 Å². The Morgan fingerprint density at radius 2 is 2.04 bits per heavy atom. The SMILES string of the molecule is O=S(=O)(NCCN1CCCC1Cn1cccn1)c1ccccc1. The fraction of sp³-hybridized carbons (Fsp3) is 0.438. The van der Waals surface area contributed by atoms with Crippen molar-refractivity contribution in [3.63, 3.8) is 0 Å². The summed E-state index contributed by atoms with van der Waals surface area (Å²) in [6, 6.07) is 10.8. The van der Waals surface area contributed by atoms with Gasteiger partial charge in [0.05, 0.1) is 11.4 Å². The largest absolute Gasteiger partial charge is 0.297 e. The van der Waals surface area contributed by atoms with E-state index >= 15 is 0 Å². The molecule has 7 heteroatoms. The van der Waals surface area contributed by atoms with Gasteiger partial charge in [-0.25, -0.2) is 13.1 Å². The summed E-state index contributed by atoms with van der Waals surface area (Å²) in [5.41, 5.74) is 0. The molecule has 23 heavy (non-hydrogen) atoms. The molecule has 6 nitrogen and oxygen atoms in total. The summed E-state index contributed by atoms with van der Waals surface area (Å²) in [6.07, 6.45) is 6.03. The Bertz CT molecular complexity index is 701. The molecular formula is C16H22N4O2S. The van der Waals surface area contributed by atoms with Crippen LogP contribution in [0.25, 0.3) is 0 Å². The summed E-state index contributed by atoms with van der Waals surface area (Å²) in [5, 5.41) is 4.25. The molecule has 124 valence electrons. The first-order chi connectivity index (χ1) is 11.1. The molecule has 1 N–H and O–H groups in total. The van der Waals surface area contributed by atoms with Crippen molar-refractivity contribution in [2.24, 2.45) is 0 Å². The van der Waals surface area contributed by atoms with Gasteiger partial charge in [0.1, 0.15) is 0 Å². The molecule has 2 aromatic rings. The van der Waals surface area contributed by atoms with Crippen molar-refractivity contribution in [3.05, 3.63) is 48.8 Å². The molecule has 3 rings (SSSR count). The molecule has 1 aromatic heterocycles. The minimum atomic E-state index is -3.41. The molecule has 1 aromatic carbocycles. The van der Waals surface area contributed by atoms with Crippen LogP contribution in [0.5, 0.6) is 0 Å². The minimum absolute atomic E-state index is 0.314. The number of rotatable bonds is 7. The van der Waals surface area contributed by atoms with Gasteiger partial charge in [-0.05, 0) is 37.6 Å². The number of benzene rings is 1. The van der Waals surface area contributed by atoms with Crippen LogP contribution in [0.1, 0.15) is 12.8 Å². The summed E-state index contributed by atoms with van der Waals surface area (Å²) < 4.78 is 29.0. The van der Waals surface area contributed by atoms with Crippen LogP contribution in [0.3, 0.4) is 0 Å². The fourth-order valence-corrected chi connectivity index (χ4v) is 4.07. The molecule has 1 fully saturated rings. The van der Waals surface area contributed by atoms with Gasteiger partial charge in [0.2, 0.25) is 10.0 Å². The highest BCUT2D eigenvalue weighted by atomic mass is 32.2. The Morgan fingerprint density at radius 3 is 2.78 bits per heavy atom. The Kier molecular flexibility index (Phi) is 5.09. The van der Waals surface area contributed by atoms with Gasteiger partial charge in [0, 0.05) is 31.5 Å². The smallest absolute Gasteiger partial charge is 0.240 e. The molecule has 2 heterocycles. The molecule has 0 aliphatic carbocycles. The first-order valence-corrected chi connectivity index (χ1v) is 9.40. The van der Waals surface area contributed by atoms with E-state index in [0.29, 0.717) is 17.5 Å². The van der Waals surface area contributed by atoms with Gasteiger partial charge in [-0.1, -0.05) is 18.2 Å². The molecule has 0 spiro atoms. The third-order valence-corrected chi connectivity index (χ3v) is 5.68. The third kappa shape index (κ3) is 4.19. The molecule has 0 saturated carbocycles. The maximum atomic E-state index is 12.2. The summed E-state index contributed by atoms with van der Waals surface area (Å²) in [4.78, 5) is 2.66. The lowest BCUT2D eigenvalue weighted by Gasteiger charge is -2.24. The maximum absolute atomic E-state index is 12.2. The van der Waals surface area contributed by atoms with Gasteiger partial charge in [0.25, 0.3) is 0 Å². The predicted molar refractivity (Wildman–Crippen MR) is 88.5 cm³/mol. The first-order valence-electron chi connectivity index (χ1n) is 7.91. The van der Waals surface area contributed by atoms with E-state index in [1.807, 2.05) is 23.0 Å². The van der Waals surface area contributed by atoms with Crippen molar-refractivity contribution in [2.45, 2.75) is 30.3 Å². The first kappa shape index (κ1) is 16.2. The minimum Gasteiger partial charge on any atom is -0.297 e. The normalized spacial score (nSPS) is 19.2. The number of aromatic nitrogens is 2. The summed E-state index contributed by atoms with van der Waals surface area (Å²) >= 11 is 0. The summed E-state index contributed by atoms with van der Waals surface area (Å²) in [7, 11) is -3.41. The number of likely N-dealkylation sites (tertiary alicyclic amines) is 1. The lowest BCUT2D eigenvalue weighted by atomic mass is 10.2. The van der Waals surface area contributed by atoms with Gasteiger partial charge >= 0.3 is 0 Å². The van der Waals surface area contributed by atoms with E-state index in [9.17, 15) is 8.42 Å². The van der Waals surface area contributed by atoms with Gasteiger partial charge in [-0.3, -0.25) is 9.58 Å². The molecule has 1 atom stereocenters. The van der Waals surface area contributed by atoms with Crippen molar-refractivity contribution >= 4 is 10.0 Å². The molecular weight excluding hydrogens is 312 g/mol. The van der Waals surface area contributed by atoms with Crippen molar-refractivity contribution < 1.29 is 8.42 Å². The van der Waals surface area contributed by atoms with Gasteiger partial charge in [-0.2, -0.15) is 5.10 Å². The van der Waals surface area contributed by atoms with Crippen molar-refractivity contribution in [2.75, 3.05) is 19.6 Å². The molecule has 1 unspecified atom stereocenters. The predicted octanol–water partition coefficient (Wildman–Crippen LogP) is 1.33. The van der Waals surface area contributed by atoms with E-state index in [0.717, 1.165) is 32.5 Å². The molecule has 1 aliphatic rings. The van der Waals surface area contributed by atoms with Crippen LogP contribution >= 0.6 is 0 Å². The summed E-state index contributed by atoms with van der Waals surface area (Å²) in [5.74, 6) is 0.